The highest BCUT2D eigenvalue weighted by atomic mass is 32.2. The van der Waals surface area contributed by atoms with Crippen LogP contribution in [0.1, 0.15) is 45.4 Å². The van der Waals surface area contributed by atoms with Gasteiger partial charge in [0.25, 0.3) is 5.91 Å². The van der Waals surface area contributed by atoms with Crippen LogP contribution >= 0.6 is 11.8 Å². The van der Waals surface area contributed by atoms with Crippen molar-refractivity contribution < 1.29 is 19.0 Å². The Morgan fingerprint density at radius 2 is 1.93 bits per heavy atom. The van der Waals surface area contributed by atoms with Crippen molar-refractivity contribution in [2.75, 3.05) is 40.1 Å². The molecular formula is C21H32N2O4S. The number of rotatable bonds is 6. The van der Waals surface area contributed by atoms with E-state index in [1.807, 2.05) is 6.92 Å². The summed E-state index contributed by atoms with van der Waals surface area (Å²) in [5, 5.41) is 0.978. The first-order chi connectivity index (χ1) is 13.6. The number of amides is 1. The molecule has 2 atom stereocenters. The first kappa shape index (κ1) is 19.3. The number of hydrogen-bond donors (Lipinski definition) is 0. The minimum atomic E-state index is -0.515. The Kier molecular flexibility index (Phi) is 5.01. The quantitative estimate of drug-likeness (QED) is 0.674. The van der Waals surface area contributed by atoms with Crippen LogP contribution in [0.2, 0.25) is 0 Å². The number of thioether (sulfide) groups is 1. The second-order valence-corrected chi connectivity index (χ2v) is 10.6. The van der Waals surface area contributed by atoms with Crippen molar-refractivity contribution in [1.29, 1.82) is 0 Å². The van der Waals surface area contributed by atoms with E-state index in [0.717, 1.165) is 42.2 Å². The molecule has 2 heterocycles. The lowest BCUT2D eigenvalue weighted by Crippen LogP contribution is -2.55. The normalized spacial score (nSPS) is 45.2. The van der Waals surface area contributed by atoms with Gasteiger partial charge in [-0.2, -0.15) is 4.99 Å². The van der Waals surface area contributed by atoms with Gasteiger partial charge in [-0.25, -0.2) is 0 Å². The molecule has 4 saturated carbocycles. The summed E-state index contributed by atoms with van der Waals surface area (Å²) in [5.41, 5.74) is -0.708. The molecule has 2 aliphatic heterocycles. The number of aliphatic imine (C=N–C) groups is 1. The SMILES string of the molecule is CCOC12COCC1SC(=NC(=O)C13CC4CC(CC(C4)C1)C3)N2CCOC. The Bertz CT molecular complexity index is 634. The molecule has 2 unspecified atom stereocenters. The second kappa shape index (κ2) is 7.25. The zero-order valence-corrected chi connectivity index (χ0v) is 17.8. The predicted octanol–water partition coefficient (Wildman–Crippen LogP) is 2.91. The lowest BCUT2D eigenvalue weighted by molar-refractivity contribution is -0.142. The van der Waals surface area contributed by atoms with Crippen LogP contribution in [0, 0.1) is 23.2 Å². The van der Waals surface area contributed by atoms with E-state index in [-0.39, 0.29) is 16.6 Å². The number of ether oxygens (including phenoxy) is 3. The van der Waals surface area contributed by atoms with Gasteiger partial charge >= 0.3 is 0 Å². The average Bonchev–Trinajstić information content (AvgIpc) is 3.15. The largest absolute Gasteiger partial charge is 0.383 e. The van der Waals surface area contributed by atoms with Crippen LogP contribution in [0.5, 0.6) is 0 Å². The van der Waals surface area contributed by atoms with Gasteiger partial charge in [0.2, 0.25) is 0 Å². The van der Waals surface area contributed by atoms with E-state index in [4.69, 9.17) is 19.2 Å². The minimum Gasteiger partial charge on any atom is -0.383 e. The van der Waals surface area contributed by atoms with Crippen LogP contribution in [0.25, 0.3) is 0 Å². The Morgan fingerprint density at radius 1 is 1.25 bits per heavy atom. The van der Waals surface area contributed by atoms with Crippen molar-refractivity contribution in [3.63, 3.8) is 0 Å². The van der Waals surface area contributed by atoms with Crippen molar-refractivity contribution >= 4 is 22.8 Å². The van der Waals surface area contributed by atoms with E-state index >= 15 is 0 Å². The molecule has 0 aromatic heterocycles. The van der Waals surface area contributed by atoms with Gasteiger partial charge in [-0.15, -0.1) is 0 Å². The summed E-state index contributed by atoms with van der Waals surface area (Å²) in [6, 6.07) is 0. The highest BCUT2D eigenvalue weighted by Crippen LogP contribution is 2.60. The molecule has 0 spiro atoms. The van der Waals surface area contributed by atoms with Gasteiger partial charge in [0.15, 0.2) is 10.9 Å². The van der Waals surface area contributed by atoms with Crippen molar-refractivity contribution in [3.05, 3.63) is 0 Å². The number of hydrogen-bond acceptors (Lipinski definition) is 5. The molecule has 7 heteroatoms. The van der Waals surface area contributed by atoms with E-state index in [0.29, 0.717) is 33.0 Å². The van der Waals surface area contributed by atoms with Gasteiger partial charge in [0, 0.05) is 20.3 Å². The van der Waals surface area contributed by atoms with Crippen molar-refractivity contribution in [2.24, 2.45) is 28.2 Å². The van der Waals surface area contributed by atoms with Crippen LogP contribution in [-0.4, -0.2) is 67.0 Å². The molecule has 6 rings (SSSR count). The van der Waals surface area contributed by atoms with E-state index in [1.165, 1.54) is 19.3 Å². The van der Waals surface area contributed by atoms with Crippen LogP contribution < -0.4 is 0 Å². The fraction of sp³-hybridized carbons (Fsp3) is 0.905. The highest BCUT2D eigenvalue weighted by molar-refractivity contribution is 8.14. The zero-order valence-electron chi connectivity index (χ0n) is 17.0. The third-order valence-electron chi connectivity index (χ3n) is 7.62. The summed E-state index contributed by atoms with van der Waals surface area (Å²) in [7, 11) is 1.70. The lowest BCUT2D eigenvalue weighted by Gasteiger charge is -2.55. The van der Waals surface area contributed by atoms with Gasteiger partial charge in [-0.3, -0.25) is 4.79 Å². The van der Waals surface area contributed by atoms with E-state index in [2.05, 4.69) is 4.90 Å². The van der Waals surface area contributed by atoms with Gasteiger partial charge in [-0.05, 0) is 63.2 Å². The molecule has 2 saturated heterocycles. The third kappa shape index (κ3) is 2.96. The molecule has 0 N–H and O–H groups in total. The molecular weight excluding hydrogens is 376 g/mol. The number of carbonyl (C=O) groups excluding carboxylic acids is 1. The minimum absolute atomic E-state index is 0.129. The first-order valence-electron chi connectivity index (χ1n) is 10.9. The van der Waals surface area contributed by atoms with Gasteiger partial charge < -0.3 is 19.1 Å². The second-order valence-electron chi connectivity index (χ2n) is 9.44. The van der Waals surface area contributed by atoms with Crippen LogP contribution in [0.3, 0.4) is 0 Å². The monoisotopic (exact) mass is 408 g/mol. The topological polar surface area (TPSA) is 60.4 Å². The first-order valence-corrected chi connectivity index (χ1v) is 11.7. The number of carbonyl (C=O) groups is 1. The molecule has 4 bridgehead atoms. The van der Waals surface area contributed by atoms with E-state index in [9.17, 15) is 4.79 Å². The molecule has 28 heavy (non-hydrogen) atoms. The molecule has 0 aromatic rings. The lowest BCUT2D eigenvalue weighted by atomic mass is 9.49. The molecule has 6 fully saturated rings. The molecule has 6 aliphatic rings. The van der Waals surface area contributed by atoms with Crippen molar-refractivity contribution in [2.45, 2.75) is 56.4 Å². The van der Waals surface area contributed by atoms with Crippen LogP contribution in [0.4, 0.5) is 0 Å². The summed E-state index contributed by atoms with van der Waals surface area (Å²) in [6.07, 6.45) is 7.18. The zero-order chi connectivity index (χ0) is 19.4. The van der Waals surface area contributed by atoms with Crippen molar-refractivity contribution in [1.82, 2.24) is 4.90 Å². The summed E-state index contributed by atoms with van der Waals surface area (Å²) in [5.74, 6) is 2.38. The average molecular weight is 409 g/mol. The number of nitrogens with zero attached hydrogens (tertiary/aromatic N) is 2. The van der Waals surface area contributed by atoms with Crippen molar-refractivity contribution in [3.8, 4) is 0 Å². The van der Waals surface area contributed by atoms with Crippen LogP contribution in [-0.2, 0) is 19.0 Å². The van der Waals surface area contributed by atoms with Gasteiger partial charge in [-0.1, -0.05) is 11.8 Å². The molecule has 0 radical (unpaired) electrons. The fourth-order valence-corrected chi connectivity index (χ4v) is 8.24. The van der Waals surface area contributed by atoms with Gasteiger partial charge in [0.1, 0.15) is 0 Å². The standard InChI is InChI=1S/C21H32N2O4S/c1-3-27-21-13-26-12-17(21)28-19(23(21)4-5-25-2)22-18(24)20-9-14-6-15(10-20)8-16(7-14)11-20/h14-17H,3-13H2,1-2H3. The molecule has 1 amide bonds. The summed E-state index contributed by atoms with van der Waals surface area (Å²) >= 11 is 1.66. The summed E-state index contributed by atoms with van der Waals surface area (Å²) in [4.78, 5) is 20.5. The maximum absolute atomic E-state index is 13.5. The summed E-state index contributed by atoms with van der Waals surface area (Å²) in [6.45, 7) is 5.02. The third-order valence-corrected chi connectivity index (χ3v) is 8.93. The molecule has 4 aliphatic carbocycles. The highest BCUT2D eigenvalue weighted by Gasteiger charge is 2.59. The van der Waals surface area contributed by atoms with Gasteiger partial charge in [0.05, 0.1) is 30.5 Å². The Balaban J connectivity index is 1.42. The number of amidine groups is 1. The smallest absolute Gasteiger partial charge is 0.254 e. The molecule has 6 nitrogen and oxygen atoms in total. The van der Waals surface area contributed by atoms with E-state index < -0.39 is 5.72 Å². The molecule has 156 valence electrons. The Hall–Kier alpha value is -0.630. The molecule has 0 aromatic carbocycles. The van der Waals surface area contributed by atoms with Crippen LogP contribution in [0.15, 0.2) is 4.99 Å². The maximum atomic E-state index is 13.5. The van der Waals surface area contributed by atoms with E-state index in [1.54, 1.807) is 18.9 Å². The Morgan fingerprint density at radius 3 is 2.54 bits per heavy atom. The number of fused-ring (bicyclic) bond motifs is 1. The maximum Gasteiger partial charge on any atom is 0.254 e. The predicted molar refractivity (Wildman–Crippen MR) is 108 cm³/mol. The Labute approximate surface area is 171 Å². The number of methoxy groups -OCH3 is 1. The fourth-order valence-electron chi connectivity index (χ4n) is 6.86. The summed E-state index contributed by atoms with van der Waals surface area (Å²) < 4.78 is 17.3.